The van der Waals surface area contributed by atoms with E-state index in [1.54, 1.807) is 0 Å². The lowest BCUT2D eigenvalue weighted by Gasteiger charge is -2.43. The SMILES string of the molecule is C=C(C)N1N=C(Br)C1(C)C. The minimum atomic E-state index is 0.0197. The van der Waals surface area contributed by atoms with Gasteiger partial charge in [-0.3, -0.25) is 5.01 Å². The van der Waals surface area contributed by atoms with Gasteiger partial charge < -0.3 is 0 Å². The topological polar surface area (TPSA) is 15.6 Å². The van der Waals surface area contributed by atoms with Crippen molar-refractivity contribution in [3.63, 3.8) is 0 Å². The molecule has 0 bridgehead atoms. The highest BCUT2D eigenvalue weighted by molar-refractivity contribution is 9.18. The van der Waals surface area contributed by atoms with Gasteiger partial charge in [-0.1, -0.05) is 6.58 Å². The van der Waals surface area contributed by atoms with Gasteiger partial charge >= 0.3 is 0 Å². The van der Waals surface area contributed by atoms with Crippen molar-refractivity contribution in [3.8, 4) is 0 Å². The van der Waals surface area contributed by atoms with E-state index in [0.717, 1.165) is 10.3 Å². The van der Waals surface area contributed by atoms with Crippen LogP contribution in [0.25, 0.3) is 0 Å². The van der Waals surface area contributed by atoms with E-state index >= 15 is 0 Å². The second-order valence-corrected chi connectivity index (χ2v) is 3.75. The van der Waals surface area contributed by atoms with Crippen molar-refractivity contribution in [1.82, 2.24) is 5.01 Å². The second kappa shape index (κ2) is 2.09. The zero-order valence-electron chi connectivity index (χ0n) is 6.48. The first kappa shape index (κ1) is 7.79. The van der Waals surface area contributed by atoms with E-state index in [-0.39, 0.29) is 5.54 Å². The first-order valence-corrected chi connectivity index (χ1v) is 3.96. The highest BCUT2D eigenvalue weighted by Crippen LogP contribution is 2.32. The average molecular weight is 203 g/mol. The first-order valence-electron chi connectivity index (χ1n) is 3.16. The molecule has 0 radical (unpaired) electrons. The fourth-order valence-corrected chi connectivity index (χ4v) is 1.27. The predicted molar refractivity (Wildman–Crippen MR) is 47.1 cm³/mol. The van der Waals surface area contributed by atoms with Gasteiger partial charge in [0.15, 0.2) is 0 Å². The van der Waals surface area contributed by atoms with Gasteiger partial charge in [0, 0.05) is 5.70 Å². The Labute approximate surface area is 69.7 Å². The molecule has 0 saturated heterocycles. The predicted octanol–water partition coefficient (Wildman–Crippen LogP) is 2.32. The molecule has 0 aromatic rings. The van der Waals surface area contributed by atoms with Crippen LogP contribution in [0, 0.1) is 0 Å². The van der Waals surface area contributed by atoms with Gasteiger partial charge in [-0.15, -0.1) is 0 Å². The number of rotatable bonds is 1. The summed E-state index contributed by atoms with van der Waals surface area (Å²) in [7, 11) is 0. The minimum Gasteiger partial charge on any atom is -0.257 e. The molecule has 0 atom stereocenters. The summed E-state index contributed by atoms with van der Waals surface area (Å²) in [4.78, 5) is 0. The van der Waals surface area contributed by atoms with E-state index in [1.165, 1.54) is 0 Å². The van der Waals surface area contributed by atoms with Crippen LogP contribution in [0.2, 0.25) is 0 Å². The number of halogens is 1. The van der Waals surface area contributed by atoms with Crippen LogP contribution in [0.5, 0.6) is 0 Å². The van der Waals surface area contributed by atoms with Gasteiger partial charge in [0.25, 0.3) is 0 Å². The summed E-state index contributed by atoms with van der Waals surface area (Å²) >= 11 is 3.36. The van der Waals surface area contributed by atoms with Crippen LogP contribution in [0.15, 0.2) is 17.4 Å². The molecule has 0 amide bonds. The molecule has 0 saturated carbocycles. The molecule has 0 N–H and O–H groups in total. The molecule has 2 nitrogen and oxygen atoms in total. The van der Waals surface area contributed by atoms with Crippen molar-refractivity contribution in [2.75, 3.05) is 0 Å². The molecular formula is C7H11BrN2. The van der Waals surface area contributed by atoms with Gasteiger partial charge in [-0.05, 0) is 36.7 Å². The van der Waals surface area contributed by atoms with E-state index in [0.29, 0.717) is 0 Å². The van der Waals surface area contributed by atoms with Gasteiger partial charge in [0.1, 0.15) is 10.2 Å². The van der Waals surface area contributed by atoms with E-state index in [9.17, 15) is 0 Å². The quantitative estimate of drug-likeness (QED) is 0.638. The third-order valence-electron chi connectivity index (χ3n) is 1.58. The first-order chi connectivity index (χ1) is 4.46. The average Bonchev–Trinajstić information content (AvgIpc) is 1.82. The highest BCUT2D eigenvalue weighted by Gasteiger charge is 2.39. The summed E-state index contributed by atoms with van der Waals surface area (Å²) < 4.78 is 0.989. The zero-order chi connectivity index (χ0) is 7.94. The summed E-state index contributed by atoms with van der Waals surface area (Å²) in [5.74, 6) is 0. The molecule has 0 aromatic carbocycles. The Hall–Kier alpha value is -0.310. The molecule has 3 heteroatoms. The molecule has 56 valence electrons. The maximum absolute atomic E-state index is 4.14. The third kappa shape index (κ3) is 0.888. The molecule has 0 aliphatic carbocycles. The van der Waals surface area contributed by atoms with E-state index in [4.69, 9.17) is 0 Å². The fraction of sp³-hybridized carbons (Fsp3) is 0.571. The standard InChI is InChI=1S/C7H11BrN2/c1-5(2)10-7(3,4)6(8)9-10/h1H2,2-4H3. The minimum absolute atomic E-state index is 0.0197. The molecule has 1 heterocycles. The highest BCUT2D eigenvalue weighted by atomic mass is 79.9. The van der Waals surface area contributed by atoms with Crippen molar-refractivity contribution in [1.29, 1.82) is 0 Å². The summed E-state index contributed by atoms with van der Waals surface area (Å²) in [5.41, 5.74) is 0.999. The molecule has 1 rings (SSSR count). The molecule has 0 unspecified atom stereocenters. The van der Waals surface area contributed by atoms with Gasteiger partial charge in [-0.2, -0.15) is 5.10 Å². The fourth-order valence-electron chi connectivity index (χ4n) is 0.940. The summed E-state index contributed by atoms with van der Waals surface area (Å²) in [6.07, 6.45) is 0. The lowest BCUT2D eigenvalue weighted by molar-refractivity contribution is 0.203. The van der Waals surface area contributed by atoms with Crippen LogP contribution >= 0.6 is 15.9 Å². The van der Waals surface area contributed by atoms with Crippen LogP contribution in [0.1, 0.15) is 20.8 Å². The van der Waals surface area contributed by atoms with Crippen LogP contribution in [-0.4, -0.2) is 15.2 Å². The van der Waals surface area contributed by atoms with Crippen molar-refractivity contribution in [2.45, 2.75) is 26.3 Å². The maximum atomic E-state index is 4.14. The summed E-state index contributed by atoms with van der Waals surface area (Å²) in [6.45, 7) is 9.95. The van der Waals surface area contributed by atoms with Gasteiger partial charge in [0.05, 0.1) is 0 Å². The van der Waals surface area contributed by atoms with Crippen LogP contribution in [0.3, 0.4) is 0 Å². The number of nitrogens with zero attached hydrogens (tertiary/aromatic N) is 2. The van der Waals surface area contributed by atoms with E-state index in [2.05, 4.69) is 41.5 Å². The van der Waals surface area contributed by atoms with Crippen LogP contribution in [-0.2, 0) is 0 Å². The Morgan fingerprint density at radius 1 is 1.70 bits per heavy atom. The van der Waals surface area contributed by atoms with E-state index in [1.807, 2.05) is 11.9 Å². The molecule has 0 fully saturated rings. The van der Waals surface area contributed by atoms with Crippen molar-refractivity contribution in [2.24, 2.45) is 5.10 Å². The zero-order valence-corrected chi connectivity index (χ0v) is 8.07. The molecule has 0 aromatic heterocycles. The maximum Gasteiger partial charge on any atom is 0.131 e. The molecule has 1 aliphatic rings. The smallest absolute Gasteiger partial charge is 0.131 e. The third-order valence-corrected chi connectivity index (χ3v) is 2.71. The lowest BCUT2D eigenvalue weighted by atomic mass is 10.0. The normalized spacial score (nSPS) is 21.6. The van der Waals surface area contributed by atoms with Crippen molar-refractivity contribution in [3.05, 3.63) is 12.3 Å². The largest absolute Gasteiger partial charge is 0.257 e. The Bertz CT molecular complexity index is 206. The molecule has 1 aliphatic heterocycles. The van der Waals surface area contributed by atoms with Crippen LogP contribution < -0.4 is 0 Å². The number of allylic oxidation sites excluding steroid dienone is 1. The number of hydrogen-bond donors (Lipinski definition) is 0. The Morgan fingerprint density at radius 3 is 2.30 bits per heavy atom. The second-order valence-electron chi connectivity index (χ2n) is 3.00. The van der Waals surface area contributed by atoms with E-state index < -0.39 is 0 Å². The Balaban J connectivity index is 2.82. The molecule has 10 heavy (non-hydrogen) atoms. The van der Waals surface area contributed by atoms with Gasteiger partial charge in [-0.25, -0.2) is 0 Å². The van der Waals surface area contributed by atoms with Crippen molar-refractivity contribution < 1.29 is 0 Å². The Kier molecular flexibility index (Phi) is 1.63. The summed E-state index contributed by atoms with van der Waals surface area (Å²) in [5, 5.41) is 6.04. The summed E-state index contributed by atoms with van der Waals surface area (Å²) in [6, 6.07) is 0. The molecular weight excluding hydrogens is 192 g/mol. The van der Waals surface area contributed by atoms with Crippen molar-refractivity contribution >= 4 is 20.6 Å². The lowest BCUT2D eigenvalue weighted by Crippen LogP contribution is -2.52. The number of hydrazone groups is 1. The van der Waals surface area contributed by atoms with Gasteiger partial charge in [0.2, 0.25) is 0 Å². The van der Waals surface area contributed by atoms with Crippen LogP contribution in [0.4, 0.5) is 0 Å². The number of hydrogen-bond acceptors (Lipinski definition) is 2. The monoisotopic (exact) mass is 202 g/mol. The Morgan fingerprint density at radius 2 is 2.20 bits per heavy atom. The molecule has 0 spiro atoms.